The minimum atomic E-state index is 0.322. The summed E-state index contributed by atoms with van der Waals surface area (Å²) in [6.07, 6.45) is 8.11. The summed E-state index contributed by atoms with van der Waals surface area (Å²) < 4.78 is 0. The average molecular weight is 267 g/mol. The molecule has 2 N–H and O–H groups in total. The highest BCUT2D eigenvalue weighted by molar-refractivity contribution is 4.97. The molecule has 2 saturated heterocycles. The average Bonchev–Trinajstić information content (AvgIpc) is 2.48. The zero-order chi connectivity index (χ0) is 13.7. The SMILES string of the molecule is CCCC1CCN(C2(CN)CCN(CC)CC2)CC1. The van der Waals surface area contributed by atoms with Gasteiger partial charge in [-0.15, -0.1) is 0 Å². The highest BCUT2D eigenvalue weighted by Gasteiger charge is 2.39. The Labute approximate surface area is 119 Å². The van der Waals surface area contributed by atoms with Crippen LogP contribution in [0, 0.1) is 5.92 Å². The number of likely N-dealkylation sites (tertiary alicyclic amines) is 2. The summed E-state index contributed by atoms with van der Waals surface area (Å²) in [7, 11) is 0. The fourth-order valence-corrected chi connectivity index (χ4v) is 4.04. The maximum Gasteiger partial charge on any atom is 0.0356 e. The lowest BCUT2D eigenvalue weighted by molar-refractivity contribution is 0.00454. The summed E-state index contributed by atoms with van der Waals surface area (Å²) in [5.41, 5.74) is 6.51. The third-order valence-corrected chi connectivity index (χ3v) is 5.60. The molecule has 112 valence electrons. The second kappa shape index (κ2) is 7.05. The van der Waals surface area contributed by atoms with E-state index in [4.69, 9.17) is 5.73 Å². The molecule has 3 nitrogen and oxygen atoms in total. The number of hydrogen-bond donors (Lipinski definition) is 1. The summed E-state index contributed by atoms with van der Waals surface area (Å²) in [5, 5.41) is 0. The van der Waals surface area contributed by atoms with Crippen LogP contribution < -0.4 is 5.73 Å². The standard InChI is InChI=1S/C16H33N3/c1-3-5-15-6-10-19(11-7-15)16(14-17)8-12-18(4-2)13-9-16/h15H,3-14,17H2,1-2H3. The maximum absolute atomic E-state index is 6.19. The zero-order valence-electron chi connectivity index (χ0n) is 13.0. The molecule has 0 unspecified atom stereocenters. The van der Waals surface area contributed by atoms with E-state index < -0.39 is 0 Å². The number of rotatable bonds is 5. The van der Waals surface area contributed by atoms with Crippen molar-refractivity contribution in [2.75, 3.05) is 39.3 Å². The molecule has 2 rings (SSSR count). The second-order valence-corrected chi connectivity index (χ2v) is 6.58. The van der Waals surface area contributed by atoms with E-state index in [0.717, 1.165) is 12.5 Å². The van der Waals surface area contributed by atoms with E-state index in [1.54, 1.807) is 0 Å². The molecule has 2 aliphatic heterocycles. The summed E-state index contributed by atoms with van der Waals surface area (Å²) in [4.78, 5) is 5.31. The van der Waals surface area contributed by atoms with Gasteiger partial charge >= 0.3 is 0 Å². The Bertz CT molecular complexity index is 251. The number of hydrogen-bond acceptors (Lipinski definition) is 3. The second-order valence-electron chi connectivity index (χ2n) is 6.58. The third-order valence-electron chi connectivity index (χ3n) is 5.60. The first kappa shape index (κ1) is 15.3. The predicted molar refractivity (Wildman–Crippen MR) is 82.3 cm³/mol. The molecule has 19 heavy (non-hydrogen) atoms. The lowest BCUT2D eigenvalue weighted by Crippen LogP contribution is -2.61. The quantitative estimate of drug-likeness (QED) is 0.830. The van der Waals surface area contributed by atoms with Crippen LogP contribution in [0.25, 0.3) is 0 Å². The Balaban J connectivity index is 1.88. The molecule has 0 atom stereocenters. The van der Waals surface area contributed by atoms with Crippen LogP contribution in [0.2, 0.25) is 0 Å². The zero-order valence-corrected chi connectivity index (χ0v) is 13.0. The summed E-state index contributed by atoms with van der Waals surface area (Å²) >= 11 is 0. The Morgan fingerprint density at radius 1 is 1.05 bits per heavy atom. The molecule has 2 heterocycles. The van der Waals surface area contributed by atoms with Crippen LogP contribution in [0.5, 0.6) is 0 Å². The number of nitrogens with zero attached hydrogens (tertiary/aromatic N) is 2. The van der Waals surface area contributed by atoms with Gasteiger partial charge in [0.15, 0.2) is 0 Å². The topological polar surface area (TPSA) is 32.5 Å². The van der Waals surface area contributed by atoms with Gasteiger partial charge in [-0.1, -0.05) is 26.7 Å². The molecule has 0 radical (unpaired) electrons. The summed E-state index contributed by atoms with van der Waals surface area (Å²) in [5.74, 6) is 0.979. The van der Waals surface area contributed by atoms with Gasteiger partial charge in [-0.05, 0) is 64.3 Å². The highest BCUT2D eigenvalue weighted by atomic mass is 15.2. The molecule has 0 aliphatic carbocycles. The molecule has 0 aromatic carbocycles. The van der Waals surface area contributed by atoms with Crippen molar-refractivity contribution in [1.29, 1.82) is 0 Å². The van der Waals surface area contributed by atoms with Crippen LogP contribution in [0.1, 0.15) is 52.4 Å². The van der Waals surface area contributed by atoms with Crippen molar-refractivity contribution in [3.63, 3.8) is 0 Å². The first-order valence-corrected chi connectivity index (χ1v) is 8.41. The molecule has 0 bridgehead atoms. The molecule has 0 amide bonds. The van der Waals surface area contributed by atoms with E-state index in [2.05, 4.69) is 23.6 Å². The van der Waals surface area contributed by atoms with E-state index >= 15 is 0 Å². The van der Waals surface area contributed by atoms with Crippen LogP contribution in [0.4, 0.5) is 0 Å². The van der Waals surface area contributed by atoms with Crippen LogP contribution >= 0.6 is 0 Å². The van der Waals surface area contributed by atoms with Crippen molar-refractivity contribution in [3.05, 3.63) is 0 Å². The summed E-state index contributed by atoms with van der Waals surface area (Å²) in [6.45, 7) is 11.7. The van der Waals surface area contributed by atoms with Gasteiger partial charge < -0.3 is 10.6 Å². The maximum atomic E-state index is 6.19. The lowest BCUT2D eigenvalue weighted by atomic mass is 9.82. The number of nitrogens with two attached hydrogens (primary N) is 1. The molecule has 0 aromatic rings. The van der Waals surface area contributed by atoms with Gasteiger partial charge in [0.2, 0.25) is 0 Å². The normalized spacial score (nSPS) is 26.7. The Kier molecular flexibility index (Phi) is 5.67. The molecule has 2 aliphatic rings. The fourth-order valence-electron chi connectivity index (χ4n) is 4.04. The monoisotopic (exact) mass is 267 g/mol. The van der Waals surface area contributed by atoms with Gasteiger partial charge in [0, 0.05) is 12.1 Å². The van der Waals surface area contributed by atoms with Gasteiger partial charge in [-0.2, -0.15) is 0 Å². The minimum Gasteiger partial charge on any atom is -0.329 e. The van der Waals surface area contributed by atoms with E-state index in [-0.39, 0.29) is 0 Å². The minimum absolute atomic E-state index is 0.322. The van der Waals surface area contributed by atoms with Gasteiger partial charge in [-0.25, -0.2) is 0 Å². The van der Waals surface area contributed by atoms with E-state index in [9.17, 15) is 0 Å². The van der Waals surface area contributed by atoms with Gasteiger partial charge in [0.25, 0.3) is 0 Å². The van der Waals surface area contributed by atoms with Crippen LogP contribution in [0.15, 0.2) is 0 Å². The molecule has 2 fully saturated rings. The smallest absolute Gasteiger partial charge is 0.0356 e. The van der Waals surface area contributed by atoms with Crippen molar-refractivity contribution in [3.8, 4) is 0 Å². The van der Waals surface area contributed by atoms with Crippen LogP contribution in [-0.4, -0.2) is 54.6 Å². The molecule has 0 saturated carbocycles. The van der Waals surface area contributed by atoms with Crippen molar-refractivity contribution < 1.29 is 0 Å². The first-order chi connectivity index (χ1) is 9.24. The molecular formula is C16H33N3. The van der Waals surface area contributed by atoms with Crippen molar-refractivity contribution in [1.82, 2.24) is 9.80 Å². The molecular weight excluding hydrogens is 234 g/mol. The largest absolute Gasteiger partial charge is 0.329 e. The van der Waals surface area contributed by atoms with E-state index in [0.29, 0.717) is 5.54 Å². The molecule has 3 heteroatoms. The highest BCUT2D eigenvalue weighted by Crippen LogP contribution is 2.33. The van der Waals surface area contributed by atoms with Crippen molar-refractivity contribution in [2.45, 2.75) is 57.9 Å². The molecule has 0 spiro atoms. The fraction of sp³-hybridized carbons (Fsp3) is 1.00. The van der Waals surface area contributed by atoms with E-state index in [1.807, 2.05) is 0 Å². The summed E-state index contributed by atoms with van der Waals surface area (Å²) in [6, 6.07) is 0. The molecule has 0 aromatic heterocycles. The van der Waals surface area contributed by atoms with Gasteiger partial charge in [-0.3, -0.25) is 4.90 Å². The third kappa shape index (κ3) is 3.50. The Hall–Kier alpha value is -0.120. The Morgan fingerprint density at radius 2 is 1.68 bits per heavy atom. The van der Waals surface area contributed by atoms with Crippen LogP contribution in [-0.2, 0) is 0 Å². The first-order valence-electron chi connectivity index (χ1n) is 8.41. The lowest BCUT2D eigenvalue weighted by Gasteiger charge is -2.50. The van der Waals surface area contributed by atoms with E-state index in [1.165, 1.54) is 71.2 Å². The van der Waals surface area contributed by atoms with Gasteiger partial charge in [0.1, 0.15) is 0 Å². The van der Waals surface area contributed by atoms with Crippen molar-refractivity contribution >= 4 is 0 Å². The van der Waals surface area contributed by atoms with Gasteiger partial charge in [0.05, 0.1) is 0 Å². The Morgan fingerprint density at radius 3 is 2.16 bits per heavy atom. The predicted octanol–water partition coefficient (Wildman–Crippen LogP) is 2.31. The van der Waals surface area contributed by atoms with Crippen LogP contribution in [0.3, 0.4) is 0 Å². The van der Waals surface area contributed by atoms with Crippen molar-refractivity contribution in [2.24, 2.45) is 11.7 Å². The number of piperidine rings is 2.